The van der Waals surface area contributed by atoms with Crippen molar-refractivity contribution in [1.29, 1.82) is 0 Å². The zero-order chi connectivity index (χ0) is 10.3. The van der Waals surface area contributed by atoms with Crippen LogP contribution in [0.4, 0.5) is 0 Å². The van der Waals surface area contributed by atoms with E-state index in [9.17, 15) is 0 Å². The maximum atomic E-state index is 8.49. The molecule has 0 aliphatic heterocycles. The van der Waals surface area contributed by atoms with Crippen molar-refractivity contribution in [2.75, 3.05) is 0 Å². The first-order valence-electron chi connectivity index (χ1n) is 4.06. The minimum atomic E-state index is 0.0398. The summed E-state index contributed by atoms with van der Waals surface area (Å²) >= 11 is 1.59. The van der Waals surface area contributed by atoms with Gasteiger partial charge in [-0.25, -0.2) is 4.98 Å². The number of amidine groups is 1. The molecule has 0 saturated carbocycles. The van der Waals surface area contributed by atoms with Crippen LogP contribution in [0, 0.1) is 13.8 Å². The standard InChI is InChI=1S/C8H10N4OS/c1-4-5(2)14-8-10-6(3-12(4)8)7(9)11-13/h3,13H,1-2H3,(H2,9,11). The fourth-order valence-corrected chi connectivity index (χ4v) is 2.18. The van der Waals surface area contributed by atoms with Gasteiger partial charge in [0, 0.05) is 16.8 Å². The third kappa shape index (κ3) is 1.15. The van der Waals surface area contributed by atoms with E-state index < -0.39 is 0 Å². The molecule has 2 rings (SSSR count). The number of fused-ring (bicyclic) bond motifs is 1. The van der Waals surface area contributed by atoms with Crippen molar-refractivity contribution in [2.24, 2.45) is 10.9 Å². The lowest BCUT2D eigenvalue weighted by molar-refractivity contribution is 0.318. The molecule has 0 amide bonds. The highest BCUT2D eigenvalue weighted by molar-refractivity contribution is 7.17. The largest absolute Gasteiger partial charge is 0.409 e. The first-order valence-corrected chi connectivity index (χ1v) is 4.88. The van der Waals surface area contributed by atoms with Gasteiger partial charge >= 0.3 is 0 Å². The lowest BCUT2D eigenvalue weighted by Gasteiger charge is -1.90. The Bertz CT molecular complexity index is 511. The number of oxime groups is 1. The summed E-state index contributed by atoms with van der Waals surface area (Å²) in [6.45, 7) is 4.05. The second kappa shape index (κ2) is 2.98. The van der Waals surface area contributed by atoms with Crippen molar-refractivity contribution >= 4 is 22.1 Å². The van der Waals surface area contributed by atoms with Crippen molar-refractivity contribution in [3.63, 3.8) is 0 Å². The molecule has 0 radical (unpaired) electrons. The van der Waals surface area contributed by atoms with E-state index in [4.69, 9.17) is 10.9 Å². The van der Waals surface area contributed by atoms with E-state index in [1.165, 1.54) is 4.88 Å². The highest BCUT2D eigenvalue weighted by Crippen LogP contribution is 2.21. The summed E-state index contributed by atoms with van der Waals surface area (Å²) in [5.74, 6) is 0.0398. The molecule has 3 N–H and O–H groups in total. The molecule has 0 saturated heterocycles. The van der Waals surface area contributed by atoms with E-state index in [1.54, 1.807) is 17.5 Å². The number of aryl methyl sites for hydroxylation is 2. The molecule has 2 heterocycles. The van der Waals surface area contributed by atoms with Gasteiger partial charge in [-0.05, 0) is 13.8 Å². The lowest BCUT2D eigenvalue weighted by Crippen LogP contribution is -2.13. The monoisotopic (exact) mass is 210 g/mol. The Kier molecular flexibility index (Phi) is 1.92. The van der Waals surface area contributed by atoms with E-state index in [2.05, 4.69) is 10.1 Å². The van der Waals surface area contributed by atoms with Crippen LogP contribution < -0.4 is 5.73 Å². The first-order chi connectivity index (χ1) is 6.63. The maximum Gasteiger partial charge on any atom is 0.194 e. The van der Waals surface area contributed by atoms with Gasteiger partial charge in [0.2, 0.25) is 0 Å². The Morgan fingerprint density at radius 2 is 2.36 bits per heavy atom. The molecule has 6 heteroatoms. The van der Waals surface area contributed by atoms with Crippen LogP contribution in [0.2, 0.25) is 0 Å². The SMILES string of the molecule is Cc1sc2nc(/C(N)=N\O)cn2c1C. The Morgan fingerprint density at radius 3 is 2.93 bits per heavy atom. The summed E-state index contributed by atoms with van der Waals surface area (Å²) in [4.78, 5) is 6.31. The summed E-state index contributed by atoms with van der Waals surface area (Å²) in [5.41, 5.74) is 7.07. The molecule has 0 spiro atoms. The molecule has 0 atom stereocenters. The summed E-state index contributed by atoms with van der Waals surface area (Å²) < 4.78 is 1.94. The van der Waals surface area contributed by atoms with Crippen molar-refractivity contribution in [1.82, 2.24) is 9.38 Å². The minimum absolute atomic E-state index is 0.0398. The van der Waals surface area contributed by atoms with Crippen LogP contribution in [0.25, 0.3) is 4.96 Å². The van der Waals surface area contributed by atoms with Gasteiger partial charge in [0.1, 0.15) is 5.69 Å². The number of hydrogen-bond donors (Lipinski definition) is 2. The maximum absolute atomic E-state index is 8.49. The van der Waals surface area contributed by atoms with Gasteiger partial charge in [-0.1, -0.05) is 5.16 Å². The van der Waals surface area contributed by atoms with Crippen molar-refractivity contribution in [3.8, 4) is 0 Å². The Labute approximate surface area is 84.5 Å². The average molecular weight is 210 g/mol. The fraction of sp³-hybridized carbons (Fsp3) is 0.250. The molecule has 0 bridgehead atoms. The van der Waals surface area contributed by atoms with Crippen molar-refractivity contribution < 1.29 is 5.21 Å². The second-order valence-electron chi connectivity index (χ2n) is 3.01. The second-order valence-corrected chi connectivity index (χ2v) is 4.19. The highest BCUT2D eigenvalue weighted by atomic mass is 32.1. The lowest BCUT2D eigenvalue weighted by atomic mass is 10.4. The van der Waals surface area contributed by atoms with E-state index >= 15 is 0 Å². The quantitative estimate of drug-likeness (QED) is 0.320. The van der Waals surface area contributed by atoms with Crippen LogP contribution in [0.1, 0.15) is 16.3 Å². The van der Waals surface area contributed by atoms with Gasteiger partial charge in [0.15, 0.2) is 10.8 Å². The molecule has 0 unspecified atom stereocenters. The zero-order valence-electron chi connectivity index (χ0n) is 7.85. The number of nitrogens with zero attached hydrogens (tertiary/aromatic N) is 3. The third-order valence-electron chi connectivity index (χ3n) is 2.16. The number of aromatic nitrogens is 2. The molecule has 0 aliphatic carbocycles. The molecule has 0 aromatic carbocycles. The normalized spacial score (nSPS) is 12.6. The van der Waals surface area contributed by atoms with Crippen LogP contribution in [0.5, 0.6) is 0 Å². The summed E-state index contributed by atoms with van der Waals surface area (Å²) in [6.07, 6.45) is 1.77. The Balaban J connectivity index is 2.65. The van der Waals surface area contributed by atoms with Gasteiger partial charge < -0.3 is 10.9 Å². The van der Waals surface area contributed by atoms with Gasteiger partial charge in [-0.3, -0.25) is 4.40 Å². The first kappa shape index (κ1) is 9.01. The predicted octanol–water partition coefficient (Wildman–Crippen LogP) is 1.11. The molecule has 0 aliphatic rings. The van der Waals surface area contributed by atoms with Crippen LogP contribution in [-0.2, 0) is 0 Å². The Morgan fingerprint density at radius 1 is 1.64 bits per heavy atom. The van der Waals surface area contributed by atoms with Gasteiger partial charge in [-0.2, -0.15) is 0 Å². The van der Waals surface area contributed by atoms with Crippen LogP contribution in [-0.4, -0.2) is 20.4 Å². The predicted molar refractivity (Wildman–Crippen MR) is 55.1 cm³/mol. The van der Waals surface area contributed by atoms with E-state index in [-0.39, 0.29) is 5.84 Å². The van der Waals surface area contributed by atoms with Crippen LogP contribution in [0.3, 0.4) is 0 Å². The number of thiazole rings is 1. The molecule has 2 aromatic heterocycles. The van der Waals surface area contributed by atoms with E-state index in [0.717, 1.165) is 10.7 Å². The highest BCUT2D eigenvalue weighted by Gasteiger charge is 2.10. The van der Waals surface area contributed by atoms with E-state index in [1.807, 2.05) is 18.2 Å². The van der Waals surface area contributed by atoms with Gasteiger partial charge in [0.25, 0.3) is 0 Å². The van der Waals surface area contributed by atoms with Crippen LogP contribution in [0.15, 0.2) is 11.4 Å². The van der Waals surface area contributed by atoms with Crippen molar-refractivity contribution in [3.05, 3.63) is 22.5 Å². The topological polar surface area (TPSA) is 75.9 Å². The molecule has 2 aromatic rings. The minimum Gasteiger partial charge on any atom is -0.409 e. The average Bonchev–Trinajstić information content (AvgIpc) is 2.68. The van der Waals surface area contributed by atoms with Crippen molar-refractivity contribution in [2.45, 2.75) is 13.8 Å². The Hall–Kier alpha value is -1.56. The smallest absolute Gasteiger partial charge is 0.194 e. The molecule has 0 fully saturated rings. The van der Waals surface area contributed by atoms with E-state index in [0.29, 0.717) is 5.69 Å². The molecular weight excluding hydrogens is 200 g/mol. The zero-order valence-corrected chi connectivity index (χ0v) is 8.67. The summed E-state index contributed by atoms with van der Waals surface area (Å²) in [6, 6.07) is 0. The molecule has 5 nitrogen and oxygen atoms in total. The molecular formula is C8H10N4OS. The number of hydrogen-bond acceptors (Lipinski definition) is 4. The summed E-state index contributed by atoms with van der Waals surface area (Å²) in [5, 5.41) is 11.4. The fourth-order valence-electron chi connectivity index (χ4n) is 1.23. The number of rotatable bonds is 1. The van der Waals surface area contributed by atoms with Gasteiger partial charge in [-0.15, -0.1) is 11.3 Å². The number of imidazole rings is 1. The third-order valence-corrected chi connectivity index (χ3v) is 3.23. The molecule has 74 valence electrons. The van der Waals surface area contributed by atoms with Gasteiger partial charge in [0.05, 0.1) is 0 Å². The summed E-state index contributed by atoms with van der Waals surface area (Å²) in [7, 11) is 0. The van der Waals surface area contributed by atoms with Crippen LogP contribution >= 0.6 is 11.3 Å². The number of nitrogens with two attached hydrogens (primary N) is 1. The molecule has 14 heavy (non-hydrogen) atoms.